The van der Waals surface area contributed by atoms with Crippen LogP contribution < -0.4 is 0 Å². The van der Waals surface area contributed by atoms with Crippen LogP contribution in [0.25, 0.3) is 0 Å². The Morgan fingerprint density at radius 1 is 1.36 bits per heavy atom. The summed E-state index contributed by atoms with van der Waals surface area (Å²) in [5, 5.41) is 0. The lowest BCUT2D eigenvalue weighted by molar-refractivity contribution is -0.148. The molecule has 2 nitrogen and oxygen atoms in total. The van der Waals surface area contributed by atoms with E-state index in [1.165, 1.54) is 6.42 Å². The van der Waals surface area contributed by atoms with Gasteiger partial charge in [-0.15, -0.1) is 0 Å². The fraction of sp³-hybridized carbons (Fsp3) is 0.750. The molecular weight excluding hydrogens is 176 g/mol. The fourth-order valence-electron chi connectivity index (χ4n) is 2.05. The minimum Gasteiger partial charge on any atom is -0.459 e. The zero-order valence-electron chi connectivity index (χ0n) is 9.38. The van der Waals surface area contributed by atoms with Crippen LogP contribution in [0.4, 0.5) is 0 Å². The van der Waals surface area contributed by atoms with E-state index >= 15 is 0 Å². The molecule has 0 saturated heterocycles. The van der Waals surface area contributed by atoms with Gasteiger partial charge in [-0.3, -0.25) is 0 Å². The van der Waals surface area contributed by atoms with Gasteiger partial charge in [0.15, 0.2) is 0 Å². The average molecular weight is 196 g/mol. The minimum atomic E-state index is -0.239. The number of carbonyl (C=O) groups is 1. The highest BCUT2D eigenvalue weighted by molar-refractivity contribution is 5.87. The Balaban J connectivity index is 2.45. The molecule has 0 radical (unpaired) electrons. The molecule has 0 spiro atoms. The molecule has 14 heavy (non-hydrogen) atoms. The molecule has 3 unspecified atom stereocenters. The maximum atomic E-state index is 11.3. The molecule has 3 atom stereocenters. The summed E-state index contributed by atoms with van der Waals surface area (Å²) in [6.07, 6.45) is 3.43. The van der Waals surface area contributed by atoms with Crippen molar-refractivity contribution >= 4 is 5.97 Å². The lowest BCUT2D eigenvalue weighted by Gasteiger charge is -2.32. The van der Waals surface area contributed by atoms with Crippen molar-refractivity contribution in [3.63, 3.8) is 0 Å². The first-order valence-corrected chi connectivity index (χ1v) is 5.37. The number of hydrogen-bond acceptors (Lipinski definition) is 2. The molecule has 0 aromatic heterocycles. The van der Waals surface area contributed by atoms with Crippen molar-refractivity contribution in [2.45, 2.75) is 46.1 Å². The largest absolute Gasteiger partial charge is 0.459 e. The highest BCUT2D eigenvalue weighted by atomic mass is 16.5. The van der Waals surface area contributed by atoms with Crippen LogP contribution >= 0.6 is 0 Å². The Morgan fingerprint density at radius 2 is 2.00 bits per heavy atom. The number of ether oxygens (including phenoxy) is 1. The van der Waals surface area contributed by atoms with Gasteiger partial charge in [0.05, 0.1) is 0 Å². The van der Waals surface area contributed by atoms with Crippen molar-refractivity contribution in [2.24, 2.45) is 11.8 Å². The molecule has 1 saturated carbocycles. The first-order valence-electron chi connectivity index (χ1n) is 5.37. The number of rotatable bonds is 2. The third kappa shape index (κ3) is 2.86. The monoisotopic (exact) mass is 196 g/mol. The topological polar surface area (TPSA) is 26.3 Å². The summed E-state index contributed by atoms with van der Waals surface area (Å²) in [7, 11) is 0. The smallest absolute Gasteiger partial charge is 0.333 e. The van der Waals surface area contributed by atoms with Crippen molar-refractivity contribution in [1.82, 2.24) is 0 Å². The molecule has 80 valence electrons. The second-order valence-corrected chi connectivity index (χ2v) is 4.62. The molecule has 1 aliphatic carbocycles. The Morgan fingerprint density at radius 3 is 2.50 bits per heavy atom. The molecule has 0 N–H and O–H groups in total. The minimum absolute atomic E-state index is 0.107. The Hall–Kier alpha value is -0.790. The van der Waals surface area contributed by atoms with Gasteiger partial charge in [0.25, 0.3) is 0 Å². The fourth-order valence-corrected chi connectivity index (χ4v) is 2.05. The summed E-state index contributed by atoms with van der Waals surface area (Å²) in [5.41, 5.74) is 0.496. The second-order valence-electron chi connectivity index (χ2n) is 4.62. The number of esters is 1. The first-order chi connectivity index (χ1) is 6.50. The Labute approximate surface area is 86.3 Å². The van der Waals surface area contributed by atoms with E-state index in [-0.39, 0.29) is 12.1 Å². The maximum absolute atomic E-state index is 11.3. The van der Waals surface area contributed by atoms with Crippen molar-refractivity contribution in [1.29, 1.82) is 0 Å². The van der Waals surface area contributed by atoms with Crippen LogP contribution in [0, 0.1) is 11.8 Å². The van der Waals surface area contributed by atoms with Gasteiger partial charge in [-0.25, -0.2) is 4.79 Å². The molecule has 0 heterocycles. The van der Waals surface area contributed by atoms with Gasteiger partial charge in [-0.05, 0) is 38.0 Å². The summed E-state index contributed by atoms with van der Waals surface area (Å²) in [4.78, 5) is 11.3. The van der Waals surface area contributed by atoms with Crippen LogP contribution in [0.5, 0.6) is 0 Å². The van der Waals surface area contributed by atoms with Crippen molar-refractivity contribution < 1.29 is 9.53 Å². The predicted octanol–water partition coefficient (Wildman–Crippen LogP) is 2.93. The van der Waals surface area contributed by atoms with Gasteiger partial charge in [0.2, 0.25) is 0 Å². The average Bonchev–Trinajstić information content (AvgIpc) is 2.09. The summed E-state index contributed by atoms with van der Waals surface area (Å²) in [6, 6.07) is 0. The highest BCUT2D eigenvalue weighted by Gasteiger charge is 2.28. The molecule has 0 aromatic rings. The molecular formula is C12H20O2. The van der Waals surface area contributed by atoms with E-state index < -0.39 is 0 Å². The third-order valence-electron chi connectivity index (χ3n) is 2.96. The van der Waals surface area contributed by atoms with Crippen LogP contribution in [-0.4, -0.2) is 12.1 Å². The molecule has 1 fully saturated rings. The van der Waals surface area contributed by atoms with E-state index in [0.29, 0.717) is 11.5 Å². The highest BCUT2D eigenvalue weighted by Crippen LogP contribution is 2.30. The van der Waals surface area contributed by atoms with E-state index in [1.807, 2.05) is 0 Å². The van der Waals surface area contributed by atoms with Crippen LogP contribution in [-0.2, 0) is 9.53 Å². The van der Waals surface area contributed by atoms with E-state index in [4.69, 9.17) is 4.74 Å². The van der Waals surface area contributed by atoms with Crippen LogP contribution in [0.3, 0.4) is 0 Å². The zero-order chi connectivity index (χ0) is 10.7. The third-order valence-corrected chi connectivity index (χ3v) is 2.96. The number of carbonyl (C=O) groups excluding carboxylic acids is 1. The SMILES string of the molecule is C=C(C)C(=O)OC1CCC(C)CC1C. The Kier molecular flexibility index (Phi) is 3.73. The van der Waals surface area contributed by atoms with Crippen molar-refractivity contribution in [2.75, 3.05) is 0 Å². The van der Waals surface area contributed by atoms with Crippen LogP contribution in [0.2, 0.25) is 0 Å². The first kappa shape index (κ1) is 11.3. The van der Waals surface area contributed by atoms with Gasteiger partial charge in [-0.1, -0.05) is 20.4 Å². The molecule has 0 bridgehead atoms. The molecule has 0 aliphatic heterocycles. The predicted molar refractivity (Wildman–Crippen MR) is 56.9 cm³/mol. The maximum Gasteiger partial charge on any atom is 0.333 e. The number of hydrogen-bond donors (Lipinski definition) is 0. The van der Waals surface area contributed by atoms with Crippen molar-refractivity contribution in [3.05, 3.63) is 12.2 Å². The molecule has 2 heteroatoms. The standard InChI is InChI=1S/C12H20O2/c1-8(2)12(13)14-11-6-5-9(3)7-10(11)4/h9-11H,1,5-7H2,2-4H3. The normalized spacial score (nSPS) is 32.4. The van der Waals surface area contributed by atoms with Gasteiger partial charge in [-0.2, -0.15) is 0 Å². The quantitative estimate of drug-likeness (QED) is 0.501. The molecule has 1 rings (SSSR count). The van der Waals surface area contributed by atoms with E-state index in [0.717, 1.165) is 18.8 Å². The molecule has 1 aliphatic rings. The second kappa shape index (κ2) is 4.63. The summed E-state index contributed by atoms with van der Waals surface area (Å²) < 4.78 is 5.37. The summed E-state index contributed by atoms with van der Waals surface area (Å²) in [5.74, 6) is 1.02. The zero-order valence-corrected chi connectivity index (χ0v) is 9.38. The summed E-state index contributed by atoms with van der Waals surface area (Å²) in [6.45, 7) is 9.69. The van der Waals surface area contributed by atoms with E-state index in [9.17, 15) is 4.79 Å². The van der Waals surface area contributed by atoms with Crippen molar-refractivity contribution in [3.8, 4) is 0 Å². The lowest BCUT2D eigenvalue weighted by Crippen LogP contribution is -2.31. The van der Waals surface area contributed by atoms with Gasteiger partial charge in [0, 0.05) is 5.57 Å². The molecule has 0 aromatic carbocycles. The van der Waals surface area contributed by atoms with Gasteiger partial charge < -0.3 is 4.74 Å². The van der Waals surface area contributed by atoms with Crippen LogP contribution in [0.1, 0.15) is 40.0 Å². The van der Waals surface area contributed by atoms with E-state index in [2.05, 4.69) is 20.4 Å². The Bertz CT molecular complexity index is 232. The molecule has 0 amide bonds. The summed E-state index contributed by atoms with van der Waals surface area (Å²) >= 11 is 0. The van der Waals surface area contributed by atoms with Gasteiger partial charge in [0.1, 0.15) is 6.10 Å². The van der Waals surface area contributed by atoms with Gasteiger partial charge >= 0.3 is 5.97 Å². The lowest BCUT2D eigenvalue weighted by atomic mass is 9.81. The van der Waals surface area contributed by atoms with E-state index in [1.54, 1.807) is 6.92 Å². The van der Waals surface area contributed by atoms with Crippen LogP contribution in [0.15, 0.2) is 12.2 Å².